The molecular formula is C20H11Cl2FN2O2S. The molecule has 0 radical (unpaired) electrons. The highest BCUT2D eigenvalue weighted by molar-refractivity contribution is 8.18. The molecule has 0 spiro atoms. The van der Waals surface area contributed by atoms with Crippen molar-refractivity contribution in [1.82, 2.24) is 5.32 Å². The molecule has 4 nitrogen and oxygen atoms in total. The number of thioether (sulfide) groups is 1. The summed E-state index contributed by atoms with van der Waals surface area (Å²) in [5.41, 5.74) is 0.812. The molecular weight excluding hydrogens is 422 g/mol. The molecule has 28 heavy (non-hydrogen) atoms. The van der Waals surface area contributed by atoms with E-state index in [0.29, 0.717) is 37.2 Å². The molecule has 0 saturated carbocycles. The number of aliphatic imine (C=N–C) groups is 1. The van der Waals surface area contributed by atoms with Gasteiger partial charge in [0, 0.05) is 11.6 Å². The molecule has 0 aliphatic carbocycles. The van der Waals surface area contributed by atoms with Gasteiger partial charge in [0.1, 0.15) is 23.0 Å². The number of para-hydroxylation sites is 1. The number of amidine groups is 1. The summed E-state index contributed by atoms with van der Waals surface area (Å²) in [6.07, 6.45) is 1.59. The second-order valence-electron chi connectivity index (χ2n) is 5.74. The Morgan fingerprint density at radius 2 is 1.89 bits per heavy atom. The summed E-state index contributed by atoms with van der Waals surface area (Å²) in [7, 11) is 0. The molecule has 4 rings (SSSR count). The maximum absolute atomic E-state index is 13.7. The fraction of sp³-hybridized carbons (Fsp3) is 0. The molecule has 3 aromatic rings. The van der Waals surface area contributed by atoms with Crippen LogP contribution in [0.4, 0.5) is 10.1 Å². The van der Waals surface area contributed by atoms with Crippen molar-refractivity contribution >= 4 is 57.8 Å². The molecule has 1 fully saturated rings. The third-order valence-electron chi connectivity index (χ3n) is 3.84. The summed E-state index contributed by atoms with van der Waals surface area (Å²) in [6.45, 7) is 0. The van der Waals surface area contributed by atoms with Crippen molar-refractivity contribution in [2.45, 2.75) is 0 Å². The summed E-state index contributed by atoms with van der Waals surface area (Å²) in [6, 6.07) is 14.8. The summed E-state index contributed by atoms with van der Waals surface area (Å²) in [5, 5.41) is 3.73. The molecule has 1 aliphatic rings. The third kappa shape index (κ3) is 3.85. The Kier molecular flexibility index (Phi) is 5.26. The fourth-order valence-electron chi connectivity index (χ4n) is 2.53. The normalized spacial score (nSPS) is 16.8. The highest BCUT2D eigenvalue weighted by Gasteiger charge is 2.24. The van der Waals surface area contributed by atoms with Crippen LogP contribution in [0.2, 0.25) is 10.0 Å². The Morgan fingerprint density at radius 1 is 1.07 bits per heavy atom. The predicted molar refractivity (Wildman–Crippen MR) is 111 cm³/mol. The van der Waals surface area contributed by atoms with Crippen molar-refractivity contribution in [3.63, 3.8) is 0 Å². The summed E-state index contributed by atoms with van der Waals surface area (Å²) in [4.78, 5) is 16.7. The molecule has 140 valence electrons. The van der Waals surface area contributed by atoms with Crippen molar-refractivity contribution in [3.05, 3.63) is 81.1 Å². The number of benzene rings is 2. The van der Waals surface area contributed by atoms with E-state index in [1.807, 2.05) is 0 Å². The zero-order chi connectivity index (χ0) is 19.7. The average molecular weight is 433 g/mol. The molecule has 1 aromatic heterocycles. The third-order valence-corrected chi connectivity index (χ3v) is 5.57. The number of rotatable bonds is 3. The number of amides is 1. The van der Waals surface area contributed by atoms with Crippen molar-refractivity contribution in [3.8, 4) is 11.3 Å². The van der Waals surface area contributed by atoms with Gasteiger partial charge in [-0.2, -0.15) is 0 Å². The lowest BCUT2D eigenvalue weighted by molar-refractivity contribution is -0.115. The van der Waals surface area contributed by atoms with Gasteiger partial charge in [0.25, 0.3) is 5.91 Å². The van der Waals surface area contributed by atoms with Gasteiger partial charge in [-0.3, -0.25) is 4.79 Å². The molecule has 1 amide bonds. The van der Waals surface area contributed by atoms with Gasteiger partial charge >= 0.3 is 0 Å². The minimum Gasteiger partial charge on any atom is -0.457 e. The van der Waals surface area contributed by atoms with E-state index >= 15 is 0 Å². The van der Waals surface area contributed by atoms with E-state index in [-0.39, 0.29) is 11.6 Å². The van der Waals surface area contributed by atoms with Gasteiger partial charge in [0.2, 0.25) is 0 Å². The van der Waals surface area contributed by atoms with Gasteiger partial charge in [0.15, 0.2) is 5.17 Å². The zero-order valence-corrected chi connectivity index (χ0v) is 16.4. The lowest BCUT2D eigenvalue weighted by atomic mass is 10.2. The number of furan rings is 1. The van der Waals surface area contributed by atoms with Crippen molar-refractivity contribution < 1.29 is 13.6 Å². The molecule has 8 heteroatoms. The first kappa shape index (κ1) is 18.8. The Balaban J connectivity index is 1.59. The second-order valence-corrected chi connectivity index (χ2v) is 7.55. The maximum atomic E-state index is 13.7. The molecule has 0 unspecified atom stereocenters. The first-order chi connectivity index (χ1) is 13.5. The zero-order valence-electron chi connectivity index (χ0n) is 14.1. The first-order valence-corrected chi connectivity index (χ1v) is 9.67. The van der Waals surface area contributed by atoms with Crippen LogP contribution >= 0.6 is 35.0 Å². The largest absolute Gasteiger partial charge is 0.457 e. The van der Waals surface area contributed by atoms with Crippen LogP contribution < -0.4 is 5.32 Å². The van der Waals surface area contributed by atoms with E-state index in [1.54, 1.807) is 48.5 Å². The van der Waals surface area contributed by atoms with Crippen LogP contribution in [0, 0.1) is 5.82 Å². The number of halogens is 3. The molecule has 0 atom stereocenters. The van der Waals surface area contributed by atoms with E-state index in [4.69, 9.17) is 27.6 Å². The lowest BCUT2D eigenvalue weighted by Gasteiger charge is -2.01. The molecule has 2 aromatic carbocycles. The van der Waals surface area contributed by atoms with Crippen molar-refractivity contribution in [1.29, 1.82) is 0 Å². The number of carbonyl (C=O) groups is 1. The standard InChI is InChI=1S/C20H11Cl2FN2O2S/c21-13-5-3-4-12(18(13)22)16-9-8-11(27-16)10-17-19(26)25-20(28-17)24-15-7-2-1-6-14(15)23/h1-10H,(H,24,25,26)/b17-10-. The van der Waals surface area contributed by atoms with E-state index in [2.05, 4.69) is 10.3 Å². The number of carbonyl (C=O) groups excluding carboxylic acids is 1. The van der Waals surface area contributed by atoms with Crippen LogP contribution in [0.1, 0.15) is 5.76 Å². The van der Waals surface area contributed by atoms with Crippen LogP contribution in [-0.2, 0) is 4.79 Å². The number of nitrogens with zero attached hydrogens (tertiary/aromatic N) is 1. The highest BCUT2D eigenvalue weighted by Crippen LogP contribution is 2.35. The van der Waals surface area contributed by atoms with Gasteiger partial charge in [-0.1, -0.05) is 41.4 Å². The van der Waals surface area contributed by atoms with Crippen molar-refractivity contribution in [2.24, 2.45) is 4.99 Å². The monoisotopic (exact) mass is 432 g/mol. The van der Waals surface area contributed by atoms with Crippen LogP contribution in [0.25, 0.3) is 17.4 Å². The minimum absolute atomic E-state index is 0.155. The van der Waals surface area contributed by atoms with Gasteiger partial charge in [0.05, 0.1) is 15.0 Å². The van der Waals surface area contributed by atoms with Crippen LogP contribution in [0.5, 0.6) is 0 Å². The van der Waals surface area contributed by atoms with E-state index in [0.717, 1.165) is 11.8 Å². The second kappa shape index (κ2) is 7.83. The summed E-state index contributed by atoms with van der Waals surface area (Å²) in [5.74, 6) is 0.203. The van der Waals surface area contributed by atoms with E-state index in [9.17, 15) is 9.18 Å². The van der Waals surface area contributed by atoms with Crippen LogP contribution in [0.15, 0.2) is 68.9 Å². The van der Waals surface area contributed by atoms with Gasteiger partial charge < -0.3 is 9.73 Å². The predicted octanol–water partition coefficient (Wildman–Crippen LogP) is 6.28. The molecule has 0 bridgehead atoms. The maximum Gasteiger partial charge on any atom is 0.264 e. The Morgan fingerprint density at radius 3 is 2.71 bits per heavy atom. The number of hydrogen-bond acceptors (Lipinski definition) is 4. The minimum atomic E-state index is -0.462. The molecule has 2 heterocycles. The Labute approximate surface area is 174 Å². The Bertz CT molecular complexity index is 1140. The quantitative estimate of drug-likeness (QED) is 0.495. The summed E-state index contributed by atoms with van der Waals surface area (Å²) >= 11 is 13.4. The lowest BCUT2D eigenvalue weighted by Crippen LogP contribution is -2.19. The van der Waals surface area contributed by atoms with E-state index in [1.165, 1.54) is 12.1 Å². The molecule has 1 N–H and O–H groups in total. The number of hydrogen-bond donors (Lipinski definition) is 1. The Hall–Kier alpha value is -2.54. The van der Waals surface area contributed by atoms with Gasteiger partial charge in [-0.25, -0.2) is 9.38 Å². The number of nitrogens with one attached hydrogen (secondary N) is 1. The molecule has 1 aliphatic heterocycles. The fourth-order valence-corrected chi connectivity index (χ4v) is 3.74. The van der Waals surface area contributed by atoms with Crippen LogP contribution in [-0.4, -0.2) is 11.1 Å². The summed E-state index contributed by atoms with van der Waals surface area (Å²) < 4.78 is 19.5. The van der Waals surface area contributed by atoms with Gasteiger partial charge in [-0.05, 0) is 48.2 Å². The topological polar surface area (TPSA) is 54.6 Å². The van der Waals surface area contributed by atoms with E-state index < -0.39 is 5.82 Å². The molecule has 1 saturated heterocycles. The van der Waals surface area contributed by atoms with Crippen molar-refractivity contribution in [2.75, 3.05) is 0 Å². The highest BCUT2D eigenvalue weighted by atomic mass is 35.5. The smallest absolute Gasteiger partial charge is 0.264 e. The van der Waals surface area contributed by atoms with Crippen LogP contribution in [0.3, 0.4) is 0 Å². The first-order valence-electron chi connectivity index (χ1n) is 8.09. The average Bonchev–Trinajstić information content (AvgIpc) is 3.26. The van der Waals surface area contributed by atoms with Gasteiger partial charge in [-0.15, -0.1) is 0 Å². The SMILES string of the molecule is O=C1NC(=Nc2ccccc2F)S/C1=C\c1ccc(-c2cccc(Cl)c2Cl)o1.